The standard InChI is InChI=1S/C24H18N5O/c1-15-8-10-18-19-11-9-16(2)27-24(19)30-21(18)20(15)29-14-28(17-6-4-3-5-7-17)22-23(29)26-13-12-25-22/h3-14H,1-2H3. The number of aryl methyl sites for hydroxylation is 2. The fourth-order valence-electron chi connectivity index (χ4n) is 4.03. The van der Waals surface area contributed by atoms with E-state index in [-0.39, 0.29) is 0 Å². The number of pyridine rings is 1. The Labute approximate surface area is 173 Å². The molecule has 0 unspecified atom stereocenters. The molecule has 0 amide bonds. The van der Waals surface area contributed by atoms with Gasteiger partial charge in [-0.15, -0.1) is 0 Å². The average molecular weight is 392 g/mol. The van der Waals surface area contributed by atoms with E-state index >= 15 is 0 Å². The number of nitrogens with zero attached hydrogens (tertiary/aromatic N) is 5. The predicted octanol–water partition coefficient (Wildman–Crippen LogP) is 5.80. The Morgan fingerprint density at radius 3 is 2.30 bits per heavy atom. The second kappa shape index (κ2) is 6.29. The van der Waals surface area contributed by atoms with E-state index in [2.05, 4.69) is 57.1 Å². The fourth-order valence-corrected chi connectivity index (χ4v) is 4.03. The summed E-state index contributed by atoms with van der Waals surface area (Å²) in [5.41, 5.74) is 5.43. The van der Waals surface area contributed by atoms with Crippen LogP contribution in [0, 0.1) is 20.5 Å². The molecule has 0 spiro atoms. The van der Waals surface area contributed by atoms with Crippen molar-refractivity contribution in [3.05, 3.63) is 84.9 Å². The molecule has 0 fully saturated rings. The van der Waals surface area contributed by atoms with Gasteiger partial charge in [-0.25, -0.2) is 15.0 Å². The second-order valence-electron chi connectivity index (χ2n) is 7.41. The number of fused-ring (bicyclic) bond motifs is 4. The first-order chi connectivity index (χ1) is 14.7. The number of benzene rings is 2. The molecule has 1 aliphatic heterocycles. The normalized spacial score (nSPS) is 13.4. The third kappa shape index (κ3) is 2.40. The first-order valence-electron chi connectivity index (χ1n) is 9.80. The first-order valence-corrected chi connectivity index (χ1v) is 9.80. The van der Waals surface area contributed by atoms with Gasteiger partial charge in [0.15, 0.2) is 23.9 Å². The van der Waals surface area contributed by atoms with Crippen molar-refractivity contribution in [1.29, 1.82) is 0 Å². The second-order valence-corrected chi connectivity index (χ2v) is 7.41. The van der Waals surface area contributed by atoms with Crippen LogP contribution in [0.5, 0.6) is 0 Å². The van der Waals surface area contributed by atoms with Crippen molar-refractivity contribution in [3.8, 4) is 0 Å². The summed E-state index contributed by atoms with van der Waals surface area (Å²) in [6.07, 6.45) is 3.43. The molecule has 0 saturated carbocycles. The lowest BCUT2D eigenvalue weighted by Gasteiger charge is -2.21. The number of hydrogen-bond acceptors (Lipinski definition) is 6. The number of anilines is 4. The molecule has 6 nitrogen and oxygen atoms in total. The van der Waals surface area contributed by atoms with E-state index in [1.54, 1.807) is 12.4 Å². The van der Waals surface area contributed by atoms with Crippen LogP contribution in [0.2, 0.25) is 0 Å². The minimum absolute atomic E-state index is 0.648. The molecular formula is C24H18N5O. The van der Waals surface area contributed by atoms with E-state index in [1.807, 2.05) is 42.8 Å². The van der Waals surface area contributed by atoms with Crippen LogP contribution < -0.4 is 9.80 Å². The van der Waals surface area contributed by atoms with E-state index in [0.29, 0.717) is 5.71 Å². The monoisotopic (exact) mass is 392 g/mol. The maximum Gasteiger partial charge on any atom is 0.227 e. The zero-order chi connectivity index (χ0) is 20.2. The van der Waals surface area contributed by atoms with Crippen molar-refractivity contribution in [3.63, 3.8) is 0 Å². The molecule has 0 atom stereocenters. The van der Waals surface area contributed by atoms with Crippen molar-refractivity contribution in [2.75, 3.05) is 9.80 Å². The highest BCUT2D eigenvalue weighted by atomic mass is 16.3. The molecule has 2 aromatic carbocycles. The number of aromatic nitrogens is 3. The van der Waals surface area contributed by atoms with Gasteiger partial charge in [0.1, 0.15) is 0 Å². The molecule has 0 saturated heterocycles. The third-order valence-electron chi connectivity index (χ3n) is 5.44. The summed E-state index contributed by atoms with van der Waals surface area (Å²) in [7, 11) is 0. The Morgan fingerprint density at radius 1 is 0.767 bits per heavy atom. The summed E-state index contributed by atoms with van der Waals surface area (Å²) >= 11 is 0. The Balaban J connectivity index is 1.59. The summed E-state index contributed by atoms with van der Waals surface area (Å²) in [6, 6.07) is 18.4. The number of hydrogen-bond donors (Lipinski definition) is 0. The molecule has 6 heteroatoms. The van der Waals surface area contributed by atoms with Crippen molar-refractivity contribution in [2.24, 2.45) is 0 Å². The predicted molar refractivity (Wildman–Crippen MR) is 118 cm³/mol. The van der Waals surface area contributed by atoms with Crippen molar-refractivity contribution < 1.29 is 4.42 Å². The summed E-state index contributed by atoms with van der Waals surface area (Å²) in [6.45, 7) is 6.07. The minimum atomic E-state index is 0.648. The van der Waals surface area contributed by atoms with E-state index in [0.717, 1.165) is 50.6 Å². The quantitative estimate of drug-likeness (QED) is 0.379. The van der Waals surface area contributed by atoms with Crippen LogP contribution in [0.1, 0.15) is 11.3 Å². The molecule has 30 heavy (non-hydrogen) atoms. The molecule has 1 aliphatic rings. The van der Waals surface area contributed by atoms with Crippen LogP contribution >= 0.6 is 0 Å². The highest BCUT2D eigenvalue weighted by molar-refractivity contribution is 6.10. The highest BCUT2D eigenvalue weighted by Gasteiger charge is 2.34. The van der Waals surface area contributed by atoms with Gasteiger partial charge in [0.2, 0.25) is 5.71 Å². The number of para-hydroxylation sites is 1. The molecule has 1 radical (unpaired) electrons. The number of rotatable bonds is 2. The van der Waals surface area contributed by atoms with E-state index in [1.165, 1.54) is 0 Å². The maximum atomic E-state index is 6.27. The van der Waals surface area contributed by atoms with Crippen molar-refractivity contribution in [2.45, 2.75) is 13.8 Å². The molecule has 0 aliphatic carbocycles. The Morgan fingerprint density at radius 2 is 1.50 bits per heavy atom. The van der Waals surface area contributed by atoms with Crippen LogP contribution in [-0.4, -0.2) is 15.0 Å². The smallest absolute Gasteiger partial charge is 0.227 e. The molecule has 145 valence electrons. The Hall–Kier alpha value is -3.93. The van der Waals surface area contributed by atoms with E-state index in [9.17, 15) is 0 Å². The van der Waals surface area contributed by atoms with E-state index < -0.39 is 0 Å². The fraction of sp³-hybridized carbons (Fsp3) is 0.0833. The maximum absolute atomic E-state index is 6.27. The summed E-state index contributed by atoms with van der Waals surface area (Å²) < 4.78 is 6.27. The van der Waals surface area contributed by atoms with Crippen LogP contribution in [0.15, 0.2) is 71.4 Å². The van der Waals surface area contributed by atoms with Crippen LogP contribution in [0.3, 0.4) is 0 Å². The lowest BCUT2D eigenvalue weighted by atomic mass is 10.1. The average Bonchev–Trinajstić information content (AvgIpc) is 3.32. The van der Waals surface area contributed by atoms with Crippen LogP contribution in [0.4, 0.5) is 23.0 Å². The van der Waals surface area contributed by atoms with Gasteiger partial charge >= 0.3 is 0 Å². The van der Waals surface area contributed by atoms with Gasteiger partial charge in [-0.2, -0.15) is 0 Å². The summed E-state index contributed by atoms with van der Waals surface area (Å²) in [5, 5.41) is 2.05. The lowest BCUT2D eigenvalue weighted by molar-refractivity contribution is 0.652. The van der Waals surface area contributed by atoms with Gasteiger partial charge in [-0.05, 0) is 43.7 Å². The lowest BCUT2D eigenvalue weighted by Crippen LogP contribution is -2.18. The topological polar surface area (TPSA) is 58.3 Å². The molecule has 6 rings (SSSR count). The molecule has 0 bridgehead atoms. The van der Waals surface area contributed by atoms with Gasteiger partial charge in [-0.3, -0.25) is 9.80 Å². The zero-order valence-corrected chi connectivity index (χ0v) is 16.6. The zero-order valence-electron chi connectivity index (χ0n) is 16.6. The van der Waals surface area contributed by atoms with Crippen LogP contribution in [0.25, 0.3) is 22.1 Å². The van der Waals surface area contributed by atoms with E-state index in [4.69, 9.17) is 4.42 Å². The minimum Gasteiger partial charge on any atom is -0.435 e. The molecular weight excluding hydrogens is 374 g/mol. The van der Waals surface area contributed by atoms with Crippen molar-refractivity contribution in [1.82, 2.24) is 15.0 Å². The van der Waals surface area contributed by atoms with Gasteiger partial charge in [0.05, 0.1) is 5.69 Å². The molecule has 3 aromatic heterocycles. The van der Waals surface area contributed by atoms with Gasteiger partial charge in [-0.1, -0.05) is 30.3 Å². The van der Waals surface area contributed by atoms with Gasteiger partial charge in [0.25, 0.3) is 0 Å². The first kappa shape index (κ1) is 17.0. The molecule has 5 aromatic rings. The molecule has 0 N–H and O–H groups in total. The SMILES string of the molecule is Cc1ccc2c(n1)oc1c(N3[CH]N(c4ccccc4)c4nccnc43)c(C)ccc12. The highest BCUT2D eigenvalue weighted by Crippen LogP contribution is 2.47. The van der Waals surface area contributed by atoms with Gasteiger partial charge in [0, 0.05) is 34.5 Å². The largest absolute Gasteiger partial charge is 0.435 e. The number of furan rings is 1. The summed E-state index contributed by atoms with van der Waals surface area (Å²) in [4.78, 5) is 17.9. The van der Waals surface area contributed by atoms with Crippen molar-refractivity contribution >= 4 is 45.1 Å². The Kier molecular flexibility index (Phi) is 3.56. The van der Waals surface area contributed by atoms with Crippen LogP contribution in [-0.2, 0) is 0 Å². The van der Waals surface area contributed by atoms with Gasteiger partial charge < -0.3 is 4.42 Å². The third-order valence-corrected chi connectivity index (χ3v) is 5.44. The summed E-state index contributed by atoms with van der Waals surface area (Å²) in [5.74, 6) is 1.55. The molecule has 4 heterocycles. The Bertz CT molecular complexity index is 1410.